The molecule has 0 fully saturated rings. The van der Waals surface area contributed by atoms with Gasteiger partial charge in [-0.25, -0.2) is 0 Å². The average Bonchev–Trinajstić information content (AvgIpc) is 2.71. The van der Waals surface area contributed by atoms with Gasteiger partial charge in [0.05, 0.1) is 6.42 Å². The van der Waals surface area contributed by atoms with E-state index in [1.165, 1.54) is 0 Å². The Kier molecular flexibility index (Phi) is 9.19. The van der Waals surface area contributed by atoms with Gasteiger partial charge in [0.25, 0.3) is 0 Å². The van der Waals surface area contributed by atoms with Crippen molar-refractivity contribution in [3.63, 3.8) is 0 Å². The van der Waals surface area contributed by atoms with Gasteiger partial charge in [-0.15, -0.1) is 0 Å². The summed E-state index contributed by atoms with van der Waals surface area (Å²) >= 11 is 12.7. The smallest absolute Gasteiger partial charge is 0.243 e. The molecule has 0 radical (unpaired) electrons. The Morgan fingerprint density at radius 2 is 1.63 bits per heavy atom. The van der Waals surface area contributed by atoms with Crippen LogP contribution in [0, 0.1) is 6.92 Å². The quantitative estimate of drug-likeness (QED) is 0.545. The highest BCUT2D eigenvalue weighted by Crippen LogP contribution is 2.27. The van der Waals surface area contributed by atoms with Crippen molar-refractivity contribution in [2.45, 2.75) is 65.6 Å². The van der Waals surface area contributed by atoms with Crippen molar-refractivity contribution in [2.75, 3.05) is 0 Å². The topological polar surface area (TPSA) is 49.4 Å². The van der Waals surface area contributed by atoms with E-state index in [4.69, 9.17) is 23.2 Å². The third kappa shape index (κ3) is 6.23. The highest BCUT2D eigenvalue weighted by molar-refractivity contribution is 6.36. The van der Waals surface area contributed by atoms with Gasteiger partial charge in [-0.2, -0.15) is 0 Å². The van der Waals surface area contributed by atoms with Gasteiger partial charge in [0.15, 0.2) is 0 Å². The Morgan fingerprint density at radius 1 is 1.00 bits per heavy atom. The summed E-state index contributed by atoms with van der Waals surface area (Å²) in [5.41, 5.74) is 2.63. The van der Waals surface area contributed by atoms with Gasteiger partial charge in [0.2, 0.25) is 11.8 Å². The van der Waals surface area contributed by atoms with Crippen molar-refractivity contribution in [3.05, 3.63) is 69.2 Å². The second-order valence-electron chi connectivity index (χ2n) is 7.57. The Labute approximate surface area is 189 Å². The van der Waals surface area contributed by atoms with E-state index in [9.17, 15) is 9.59 Å². The normalized spacial score (nSPS) is 12.9. The van der Waals surface area contributed by atoms with Crippen LogP contribution in [-0.4, -0.2) is 28.8 Å². The molecule has 162 valence electrons. The molecule has 0 aliphatic carbocycles. The maximum atomic E-state index is 13.4. The fraction of sp³-hybridized carbons (Fsp3) is 0.417. The van der Waals surface area contributed by atoms with Gasteiger partial charge in [-0.1, -0.05) is 67.4 Å². The van der Waals surface area contributed by atoms with E-state index in [-0.39, 0.29) is 30.8 Å². The van der Waals surface area contributed by atoms with Crippen LogP contribution in [0.25, 0.3) is 0 Å². The number of halogens is 2. The van der Waals surface area contributed by atoms with Crippen LogP contribution in [0.2, 0.25) is 10.0 Å². The third-order valence-electron chi connectivity index (χ3n) is 5.38. The zero-order valence-corrected chi connectivity index (χ0v) is 19.6. The minimum Gasteiger partial charge on any atom is -0.352 e. The van der Waals surface area contributed by atoms with Crippen molar-refractivity contribution in [1.82, 2.24) is 10.2 Å². The molecule has 2 atom stereocenters. The van der Waals surface area contributed by atoms with Crippen molar-refractivity contribution in [1.29, 1.82) is 0 Å². The first-order chi connectivity index (χ1) is 14.3. The van der Waals surface area contributed by atoms with Gasteiger partial charge in [0.1, 0.15) is 6.04 Å². The summed E-state index contributed by atoms with van der Waals surface area (Å²) in [5.74, 6) is -0.292. The highest BCUT2D eigenvalue weighted by Gasteiger charge is 2.30. The first-order valence-electron chi connectivity index (χ1n) is 10.4. The maximum absolute atomic E-state index is 13.4. The van der Waals surface area contributed by atoms with E-state index in [0.29, 0.717) is 22.0 Å². The molecule has 4 nitrogen and oxygen atoms in total. The lowest BCUT2D eigenvalue weighted by Gasteiger charge is -2.32. The largest absolute Gasteiger partial charge is 0.352 e. The minimum absolute atomic E-state index is 0.0313. The van der Waals surface area contributed by atoms with Gasteiger partial charge in [-0.3, -0.25) is 9.59 Å². The second kappa shape index (κ2) is 11.4. The number of hydrogen-bond acceptors (Lipinski definition) is 2. The molecule has 0 aliphatic heterocycles. The fourth-order valence-electron chi connectivity index (χ4n) is 3.29. The molecular formula is C24H30Cl2N2O2. The van der Waals surface area contributed by atoms with Crippen molar-refractivity contribution in [2.24, 2.45) is 0 Å². The second-order valence-corrected chi connectivity index (χ2v) is 8.38. The Bertz CT molecular complexity index is 865. The van der Waals surface area contributed by atoms with Crippen LogP contribution in [0.15, 0.2) is 42.5 Å². The Balaban J connectivity index is 2.38. The summed E-state index contributed by atoms with van der Waals surface area (Å²) in [7, 11) is 0. The van der Waals surface area contributed by atoms with Crippen LogP contribution in [0.1, 0.15) is 50.3 Å². The first-order valence-corrected chi connectivity index (χ1v) is 11.1. The molecule has 0 aliphatic rings. The van der Waals surface area contributed by atoms with Crippen LogP contribution < -0.4 is 5.32 Å². The molecule has 2 aromatic rings. The van der Waals surface area contributed by atoms with Crippen LogP contribution in [0.3, 0.4) is 0 Å². The molecule has 6 heteroatoms. The van der Waals surface area contributed by atoms with Crippen LogP contribution in [0.4, 0.5) is 0 Å². The summed E-state index contributed by atoms with van der Waals surface area (Å²) < 4.78 is 0. The first kappa shape index (κ1) is 24.2. The fourth-order valence-corrected chi connectivity index (χ4v) is 3.80. The zero-order valence-electron chi connectivity index (χ0n) is 18.0. The van der Waals surface area contributed by atoms with Crippen molar-refractivity contribution in [3.8, 4) is 0 Å². The number of hydrogen-bond donors (Lipinski definition) is 1. The number of carbonyl (C=O) groups is 2. The third-order valence-corrected chi connectivity index (χ3v) is 6.09. The van der Waals surface area contributed by atoms with Crippen molar-refractivity contribution >= 4 is 35.0 Å². The van der Waals surface area contributed by atoms with E-state index in [1.54, 1.807) is 23.1 Å². The van der Waals surface area contributed by atoms with Gasteiger partial charge >= 0.3 is 0 Å². The molecule has 0 aromatic heterocycles. The predicted molar refractivity (Wildman–Crippen MR) is 124 cm³/mol. The lowest BCUT2D eigenvalue weighted by Crippen LogP contribution is -2.51. The number of carbonyl (C=O) groups excluding carboxylic acids is 2. The minimum atomic E-state index is -0.608. The van der Waals surface area contributed by atoms with E-state index < -0.39 is 6.04 Å². The molecule has 0 saturated heterocycles. The number of rotatable bonds is 9. The maximum Gasteiger partial charge on any atom is 0.243 e. The molecule has 2 aromatic carbocycles. The summed E-state index contributed by atoms with van der Waals surface area (Å²) in [4.78, 5) is 28.0. The summed E-state index contributed by atoms with van der Waals surface area (Å²) in [5, 5.41) is 3.97. The predicted octanol–water partition coefficient (Wildman–Crippen LogP) is 5.57. The van der Waals surface area contributed by atoms with E-state index in [2.05, 4.69) is 5.32 Å². The molecule has 0 unspecified atom stereocenters. The molecular weight excluding hydrogens is 419 g/mol. The standard InChI is InChI=1S/C24H30Cl2N2O2/c1-5-17(4)27-24(30)22(6-2)28(15-19-20(25)12-9-13-21(19)26)23(29)14-18-11-8-7-10-16(18)3/h7-13,17,22H,5-6,14-15H2,1-4H3,(H,27,30)/t17-,22-/m1/s1. The highest BCUT2D eigenvalue weighted by atomic mass is 35.5. The monoisotopic (exact) mass is 448 g/mol. The van der Waals surface area contributed by atoms with E-state index in [1.807, 2.05) is 52.0 Å². The lowest BCUT2D eigenvalue weighted by atomic mass is 10.0. The van der Waals surface area contributed by atoms with Crippen LogP contribution in [-0.2, 0) is 22.6 Å². The van der Waals surface area contributed by atoms with Gasteiger partial charge < -0.3 is 10.2 Å². The molecule has 0 saturated carbocycles. The lowest BCUT2D eigenvalue weighted by molar-refractivity contribution is -0.141. The zero-order chi connectivity index (χ0) is 22.3. The van der Waals surface area contributed by atoms with Crippen molar-refractivity contribution < 1.29 is 9.59 Å². The molecule has 30 heavy (non-hydrogen) atoms. The van der Waals surface area contributed by atoms with E-state index in [0.717, 1.165) is 17.5 Å². The summed E-state index contributed by atoms with van der Waals surface area (Å²) in [6.07, 6.45) is 1.52. The van der Waals surface area contributed by atoms with E-state index >= 15 is 0 Å². The number of nitrogens with zero attached hydrogens (tertiary/aromatic N) is 1. The van der Waals surface area contributed by atoms with Crippen LogP contribution in [0.5, 0.6) is 0 Å². The number of nitrogens with one attached hydrogen (secondary N) is 1. The molecule has 2 rings (SSSR count). The summed E-state index contributed by atoms with van der Waals surface area (Å²) in [6, 6.07) is 12.4. The molecule has 1 N–H and O–H groups in total. The number of aryl methyl sites for hydroxylation is 1. The molecule has 0 spiro atoms. The molecule has 0 heterocycles. The number of benzene rings is 2. The Morgan fingerprint density at radius 3 is 2.20 bits per heavy atom. The average molecular weight is 449 g/mol. The molecule has 0 bridgehead atoms. The number of amides is 2. The van der Waals surface area contributed by atoms with Gasteiger partial charge in [-0.05, 0) is 49.9 Å². The SMILES string of the molecule is CC[C@@H](C)NC(=O)[C@@H](CC)N(Cc1c(Cl)cccc1Cl)C(=O)Cc1ccccc1C. The van der Waals surface area contributed by atoms with Crippen LogP contribution >= 0.6 is 23.2 Å². The van der Waals surface area contributed by atoms with Gasteiger partial charge in [0, 0.05) is 28.2 Å². The molecule has 2 amide bonds. The summed E-state index contributed by atoms with van der Waals surface area (Å²) in [6.45, 7) is 8.02. The Hall–Kier alpha value is -2.04.